The summed E-state index contributed by atoms with van der Waals surface area (Å²) in [6.45, 7) is 0.0615. The SMILES string of the molecule is COc1ccccc1-c1nc(COc2ccc3c(=O)cc(-c4ccc(O)cc4)oc3c2)no1. The zero-order valence-electron chi connectivity index (χ0n) is 17.5. The van der Waals surface area contributed by atoms with Crippen LogP contribution in [0.1, 0.15) is 5.82 Å². The van der Waals surface area contributed by atoms with Gasteiger partial charge in [-0.1, -0.05) is 17.3 Å². The number of hydrogen-bond donors (Lipinski definition) is 1. The largest absolute Gasteiger partial charge is 0.508 e. The molecule has 0 unspecified atom stereocenters. The van der Waals surface area contributed by atoms with E-state index in [0.29, 0.717) is 51.1 Å². The molecule has 0 atom stereocenters. The lowest BCUT2D eigenvalue weighted by molar-refractivity contribution is 0.287. The van der Waals surface area contributed by atoms with Crippen molar-refractivity contribution < 1.29 is 23.5 Å². The normalized spacial score (nSPS) is 10.9. The van der Waals surface area contributed by atoms with E-state index in [9.17, 15) is 9.90 Å². The maximum Gasteiger partial charge on any atom is 0.261 e. The van der Waals surface area contributed by atoms with E-state index in [1.165, 1.54) is 18.2 Å². The molecule has 0 spiro atoms. The first-order valence-electron chi connectivity index (χ1n) is 10.1. The summed E-state index contributed by atoms with van der Waals surface area (Å²) in [4.78, 5) is 16.9. The molecule has 0 saturated carbocycles. The minimum atomic E-state index is -0.175. The van der Waals surface area contributed by atoms with E-state index < -0.39 is 0 Å². The van der Waals surface area contributed by atoms with Crippen LogP contribution in [0.2, 0.25) is 0 Å². The van der Waals surface area contributed by atoms with E-state index in [4.69, 9.17) is 18.4 Å². The van der Waals surface area contributed by atoms with Crippen LogP contribution in [0.4, 0.5) is 0 Å². The van der Waals surface area contributed by atoms with Gasteiger partial charge in [0.2, 0.25) is 5.82 Å². The van der Waals surface area contributed by atoms with Crippen molar-refractivity contribution in [2.75, 3.05) is 7.11 Å². The number of phenols is 1. The molecule has 8 nitrogen and oxygen atoms in total. The molecule has 0 aliphatic rings. The summed E-state index contributed by atoms with van der Waals surface area (Å²) in [7, 11) is 1.57. The van der Waals surface area contributed by atoms with Crippen molar-refractivity contribution in [1.29, 1.82) is 0 Å². The molecule has 0 bridgehead atoms. The summed E-state index contributed by atoms with van der Waals surface area (Å²) < 4.78 is 22.4. The Morgan fingerprint density at radius 1 is 1.00 bits per heavy atom. The summed E-state index contributed by atoms with van der Waals surface area (Å²) in [5.74, 6) is 2.32. The molecular formula is C25H18N2O6. The van der Waals surface area contributed by atoms with Crippen molar-refractivity contribution in [1.82, 2.24) is 10.1 Å². The molecule has 0 aliphatic carbocycles. The lowest BCUT2D eigenvalue weighted by atomic mass is 10.1. The molecule has 0 radical (unpaired) electrons. The Bertz CT molecular complexity index is 1490. The van der Waals surface area contributed by atoms with Gasteiger partial charge in [-0.25, -0.2) is 0 Å². The third-order valence-electron chi connectivity index (χ3n) is 5.03. The van der Waals surface area contributed by atoms with E-state index in [2.05, 4.69) is 10.1 Å². The molecule has 0 saturated heterocycles. The van der Waals surface area contributed by atoms with Crippen molar-refractivity contribution in [3.63, 3.8) is 0 Å². The fourth-order valence-electron chi connectivity index (χ4n) is 3.38. The van der Waals surface area contributed by atoms with Crippen molar-refractivity contribution in [3.8, 4) is 40.0 Å². The number of rotatable bonds is 6. The van der Waals surface area contributed by atoms with Gasteiger partial charge in [0.25, 0.3) is 5.89 Å². The van der Waals surface area contributed by atoms with Crippen molar-refractivity contribution in [3.05, 3.63) is 88.8 Å². The predicted molar refractivity (Wildman–Crippen MR) is 120 cm³/mol. The van der Waals surface area contributed by atoms with Crippen molar-refractivity contribution >= 4 is 11.0 Å². The topological polar surface area (TPSA) is 108 Å². The number of aromatic hydroxyl groups is 1. The van der Waals surface area contributed by atoms with Crippen LogP contribution >= 0.6 is 0 Å². The highest BCUT2D eigenvalue weighted by atomic mass is 16.5. The van der Waals surface area contributed by atoms with E-state index in [1.807, 2.05) is 24.3 Å². The second-order valence-electron chi connectivity index (χ2n) is 7.18. The van der Waals surface area contributed by atoms with Gasteiger partial charge in [0.05, 0.1) is 18.1 Å². The van der Waals surface area contributed by atoms with Crippen LogP contribution in [0, 0.1) is 0 Å². The predicted octanol–water partition coefficient (Wildman–Crippen LogP) is 4.80. The number of para-hydroxylation sites is 1. The van der Waals surface area contributed by atoms with Gasteiger partial charge < -0.3 is 23.5 Å². The highest BCUT2D eigenvalue weighted by molar-refractivity contribution is 5.80. The molecule has 1 N–H and O–H groups in total. The van der Waals surface area contributed by atoms with Gasteiger partial charge in [-0.2, -0.15) is 4.98 Å². The first-order chi connectivity index (χ1) is 16.1. The summed E-state index contributed by atoms with van der Waals surface area (Å²) in [6, 6.07) is 20.2. The van der Waals surface area contributed by atoms with E-state index in [0.717, 1.165) is 0 Å². The monoisotopic (exact) mass is 442 g/mol. The molecular weight excluding hydrogens is 424 g/mol. The van der Waals surface area contributed by atoms with Crippen LogP contribution in [-0.4, -0.2) is 22.4 Å². The molecule has 164 valence electrons. The van der Waals surface area contributed by atoms with Crippen LogP contribution in [0.3, 0.4) is 0 Å². The minimum absolute atomic E-state index is 0.0615. The zero-order valence-corrected chi connectivity index (χ0v) is 17.5. The number of hydrogen-bond acceptors (Lipinski definition) is 8. The fraction of sp³-hybridized carbons (Fsp3) is 0.0800. The Balaban J connectivity index is 1.38. The summed E-state index contributed by atoms with van der Waals surface area (Å²) in [5, 5.41) is 13.9. The molecule has 0 fully saturated rings. The van der Waals surface area contributed by atoms with Crippen LogP contribution in [0.15, 0.2) is 86.5 Å². The Kier molecular flexibility index (Phi) is 5.24. The second kappa shape index (κ2) is 8.51. The lowest BCUT2D eigenvalue weighted by Gasteiger charge is -2.06. The quantitative estimate of drug-likeness (QED) is 0.399. The Hall–Kier alpha value is -4.59. The average molecular weight is 442 g/mol. The minimum Gasteiger partial charge on any atom is -0.508 e. The van der Waals surface area contributed by atoms with Gasteiger partial charge in [0.15, 0.2) is 12.0 Å². The van der Waals surface area contributed by atoms with E-state index in [1.54, 1.807) is 37.4 Å². The molecule has 0 aliphatic heterocycles. The average Bonchev–Trinajstić information content (AvgIpc) is 3.32. The molecule has 3 aromatic carbocycles. The fourth-order valence-corrected chi connectivity index (χ4v) is 3.38. The number of fused-ring (bicyclic) bond motifs is 1. The Morgan fingerprint density at radius 2 is 1.82 bits per heavy atom. The summed E-state index contributed by atoms with van der Waals surface area (Å²) in [5.41, 5.74) is 1.57. The van der Waals surface area contributed by atoms with Crippen LogP contribution < -0.4 is 14.9 Å². The maximum atomic E-state index is 12.5. The van der Waals surface area contributed by atoms with Gasteiger partial charge in [-0.3, -0.25) is 4.79 Å². The number of nitrogens with zero attached hydrogens (tertiary/aromatic N) is 2. The highest BCUT2D eigenvalue weighted by Crippen LogP contribution is 2.29. The van der Waals surface area contributed by atoms with Gasteiger partial charge in [-0.05, 0) is 48.5 Å². The summed E-state index contributed by atoms with van der Waals surface area (Å²) >= 11 is 0. The van der Waals surface area contributed by atoms with Gasteiger partial charge in [-0.15, -0.1) is 0 Å². The summed E-state index contributed by atoms with van der Waals surface area (Å²) in [6.07, 6.45) is 0. The number of methoxy groups -OCH3 is 1. The standard InChI is InChI=1S/C25H18N2O6/c1-30-21-5-3-2-4-19(21)25-26-24(27-33-25)14-31-17-10-11-18-20(29)13-22(32-23(18)12-17)15-6-8-16(28)9-7-15/h2-13,28H,14H2,1H3. The van der Waals surface area contributed by atoms with Gasteiger partial charge in [0, 0.05) is 17.7 Å². The van der Waals surface area contributed by atoms with Crippen LogP contribution in [-0.2, 0) is 6.61 Å². The molecule has 5 rings (SSSR count). The smallest absolute Gasteiger partial charge is 0.261 e. The van der Waals surface area contributed by atoms with Crippen molar-refractivity contribution in [2.24, 2.45) is 0 Å². The van der Waals surface area contributed by atoms with Crippen LogP contribution in [0.5, 0.6) is 17.2 Å². The molecule has 0 amide bonds. The van der Waals surface area contributed by atoms with E-state index in [-0.39, 0.29) is 17.8 Å². The maximum absolute atomic E-state index is 12.5. The number of phenolic OH excluding ortho intramolecular Hbond substituents is 1. The Morgan fingerprint density at radius 3 is 2.64 bits per heavy atom. The van der Waals surface area contributed by atoms with Crippen LogP contribution in [0.25, 0.3) is 33.7 Å². The number of aromatic nitrogens is 2. The highest BCUT2D eigenvalue weighted by Gasteiger charge is 2.14. The van der Waals surface area contributed by atoms with Gasteiger partial charge in [0.1, 0.15) is 28.6 Å². The molecule has 2 heterocycles. The number of ether oxygens (including phenoxy) is 2. The lowest BCUT2D eigenvalue weighted by Crippen LogP contribution is -2.02. The molecule has 33 heavy (non-hydrogen) atoms. The first kappa shape index (κ1) is 20.3. The second-order valence-corrected chi connectivity index (χ2v) is 7.18. The number of benzene rings is 3. The molecule has 5 aromatic rings. The third-order valence-corrected chi connectivity index (χ3v) is 5.03. The first-order valence-corrected chi connectivity index (χ1v) is 10.1. The molecule has 2 aromatic heterocycles. The van der Waals surface area contributed by atoms with E-state index >= 15 is 0 Å². The Labute approximate surface area is 187 Å². The zero-order chi connectivity index (χ0) is 22.8. The van der Waals surface area contributed by atoms with Crippen molar-refractivity contribution in [2.45, 2.75) is 6.61 Å². The third kappa shape index (κ3) is 4.14. The molecule has 8 heteroatoms. The van der Waals surface area contributed by atoms with Gasteiger partial charge >= 0.3 is 0 Å².